The third-order valence-corrected chi connectivity index (χ3v) is 3.19. The molecule has 0 aromatic rings. The Morgan fingerprint density at radius 2 is 2.00 bits per heavy atom. The van der Waals surface area contributed by atoms with Crippen molar-refractivity contribution in [1.82, 2.24) is 5.32 Å². The lowest BCUT2D eigenvalue weighted by Crippen LogP contribution is -2.40. The van der Waals surface area contributed by atoms with Crippen LogP contribution >= 0.6 is 0 Å². The van der Waals surface area contributed by atoms with Gasteiger partial charge >= 0.3 is 0 Å². The maximum Gasteiger partial charge on any atom is 0.248 e. The highest BCUT2D eigenvalue weighted by Gasteiger charge is 2.36. The second kappa shape index (κ2) is 5.59. The zero-order chi connectivity index (χ0) is 13.1. The Morgan fingerprint density at radius 1 is 1.35 bits per heavy atom. The van der Waals surface area contributed by atoms with Gasteiger partial charge < -0.3 is 5.32 Å². The van der Waals surface area contributed by atoms with Gasteiger partial charge in [0.25, 0.3) is 0 Å². The van der Waals surface area contributed by atoms with E-state index in [0.717, 1.165) is 6.42 Å². The Labute approximate surface area is 102 Å². The number of alkyl halides is 3. The SMILES string of the molecule is CC(C)(C)NCC(F)CC1CCCC(F)(F)C1. The predicted octanol–water partition coefficient (Wildman–Crippen LogP) is 3.93. The number of halogens is 3. The van der Waals surface area contributed by atoms with Gasteiger partial charge in [-0.3, -0.25) is 0 Å². The maximum atomic E-state index is 13.7. The van der Waals surface area contributed by atoms with Gasteiger partial charge in [-0.2, -0.15) is 0 Å². The van der Waals surface area contributed by atoms with Crippen LogP contribution in [-0.2, 0) is 0 Å². The van der Waals surface area contributed by atoms with Crippen molar-refractivity contribution < 1.29 is 13.2 Å². The summed E-state index contributed by atoms with van der Waals surface area (Å²) in [5, 5.41) is 3.07. The average molecular weight is 251 g/mol. The Bertz CT molecular complexity index is 235. The van der Waals surface area contributed by atoms with Crippen LogP contribution in [0.15, 0.2) is 0 Å². The minimum Gasteiger partial charge on any atom is -0.309 e. The standard InChI is InChI=1S/C13H24F3N/c1-12(2,3)17-9-11(14)7-10-5-4-6-13(15,16)8-10/h10-11,17H,4-9H2,1-3H3. The lowest BCUT2D eigenvalue weighted by molar-refractivity contribution is -0.0563. The van der Waals surface area contributed by atoms with E-state index in [-0.39, 0.29) is 37.3 Å². The lowest BCUT2D eigenvalue weighted by Gasteiger charge is -2.30. The summed E-state index contributed by atoms with van der Waals surface area (Å²) in [6, 6.07) is 0. The molecule has 0 heterocycles. The molecule has 0 bridgehead atoms. The van der Waals surface area contributed by atoms with E-state index in [1.54, 1.807) is 0 Å². The van der Waals surface area contributed by atoms with E-state index < -0.39 is 12.1 Å². The summed E-state index contributed by atoms with van der Waals surface area (Å²) < 4.78 is 39.9. The zero-order valence-corrected chi connectivity index (χ0v) is 11.0. The second-order valence-corrected chi connectivity index (χ2v) is 6.28. The van der Waals surface area contributed by atoms with Gasteiger partial charge in [0.05, 0.1) is 0 Å². The molecule has 2 unspecified atom stereocenters. The summed E-state index contributed by atoms with van der Waals surface area (Å²) in [6.45, 7) is 6.16. The van der Waals surface area contributed by atoms with Crippen molar-refractivity contribution in [3.05, 3.63) is 0 Å². The first-order valence-electron chi connectivity index (χ1n) is 6.45. The van der Waals surface area contributed by atoms with Crippen LogP contribution in [-0.4, -0.2) is 24.2 Å². The molecule has 1 fully saturated rings. The van der Waals surface area contributed by atoms with Crippen LogP contribution < -0.4 is 5.32 Å². The molecule has 1 aliphatic rings. The Kier molecular flexibility index (Phi) is 4.87. The zero-order valence-electron chi connectivity index (χ0n) is 11.0. The molecule has 1 N–H and O–H groups in total. The van der Waals surface area contributed by atoms with Crippen molar-refractivity contribution >= 4 is 0 Å². The van der Waals surface area contributed by atoms with Gasteiger partial charge in [-0.1, -0.05) is 0 Å². The van der Waals surface area contributed by atoms with Crippen LogP contribution in [0, 0.1) is 5.92 Å². The van der Waals surface area contributed by atoms with Crippen molar-refractivity contribution in [2.24, 2.45) is 5.92 Å². The highest BCUT2D eigenvalue weighted by Crippen LogP contribution is 2.38. The van der Waals surface area contributed by atoms with Crippen LogP contribution in [0.3, 0.4) is 0 Å². The molecular weight excluding hydrogens is 227 g/mol. The first-order chi connectivity index (χ1) is 7.68. The topological polar surface area (TPSA) is 12.0 Å². The van der Waals surface area contributed by atoms with Crippen molar-refractivity contribution in [2.45, 2.75) is 70.5 Å². The quantitative estimate of drug-likeness (QED) is 0.798. The highest BCUT2D eigenvalue weighted by atomic mass is 19.3. The number of nitrogens with one attached hydrogen (secondary N) is 1. The van der Waals surface area contributed by atoms with E-state index in [0.29, 0.717) is 6.42 Å². The second-order valence-electron chi connectivity index (χ2n) is 6.28. The van der Waals surface area contributed by atoms with Crippen molar-refractivity contribution in [2.75, 3.05) is 6.54 Å². The van der Waals surface area contributed by atoms with Crippen LogP contribution in [0.25, 0.3) is 0 Å². The monoisotopic (exact) mass is 251 g/mol. The molecule has 0 aliphatic heterocycles. The average Bonchev–Trinajstić information content (AvgIpc) is 2.12. The van der Waals surface area contributed by atoms with E-state index in [2.05, 4.69) is 5.32 Å². The molecule has 1 aliphatic carbocycles. The smallest absolute Gasteiger partial charge is 0.248 e. The molecule has 0 saturated heterocycles. The fourth-order valence-corrected chi connectivity index (χ4v) is 2.34. The van der Waals surface area contributed by atoms with Crippen LogP contribution in [0.5, 0.6) is 0 Å². The van der Waals surface area contributed by atoms with E-state index >= 15 is 0 Å². The molecule has 2 atom stereocenters. The molecule has 1 nitrogen and oxygen atoms in total. The normalized spacial score (nSPS) is 26.8. The molecule has 0 aromatic heterocycles. The predicted molar refractivity (Wildman–Crippen MR) is 64.2 cm³/mol. The minimum atomic E-state index is -2.57. The Morgan fingerprint density at radius 3 is 2.53 bits per heavy atom. The largest absolute Gasteiger partial charge is 0.309 e. The van der Waals surface area contributed by atoms with E-state index in [1.165, 1.54) is 0 Å². The third-order valence-electron chi connectivity index (χ3n) is 3.19. The van der Waals surface area contributed by atoms with E-state index in [4.69, 9.17) is 0 Å². The van der Waals surface area contributed by atoms with Crippen molar-refractivity contribution in [3.63, 3.8) is 0 Å². The highest BCUT2D eigenvalue weighted by molar-refractivity contribution is 4.81. The van der Waals surface area contributed by atoms with E-state index in [9.17, 15) is 13.2 Å². The van der Waals surface area contributed by atoms with Gasteiger partial charge in [0.2, 0.25) is 5.92 Å². The first-order valence-corrected chi connectivity index (χ1v) is 6.45. The van der Waals surface area contributed by atoms with Gasteiger partial charge in [0, 0.05) is 24.9 Å². The summed E-state index contributed by atoms with van der Waals surface area (Å²) in [4.78, 5) is 0. The molecule has 0 radical (unpaired) electrons. The Balaban J connectivity index is 2.28. The van der Waals surface area contributed by atoms with E-state index in [1.807, 2.05) is 20.8 Å². The molecular formula is C13H24F3N. The van der Waals surface area contributed by atoms with Gasteiger partial charge in [-0.15, -0.1) is 0 Å². The molecule has 0 amide bonds. The summed E-state index contributed by atoms with van der Waals surface area (Å²) in [5.41, 5.74) is -0.124. The molecule has 0 aromatic carbocycles. The summed E-state index contributed by atoms with van der Waals surface area (Å²) in [6.07, 6.45) is 0.346. The molecule has 1 rings (SSSR count). The van der Waals surface area contributed by atoms with Crippen molar-refractivity contribution in [1.29, 1.82) is 0 Å². The van der Waals surface area contributed by atoms with Gasteiger partial charge in [-0.05, 0) is 46.0 Å². The molecule has 1 saturated carbocycles. The van der Waals surface area contributed by atoms with Crippen LogP contribution in [0.1, 0.15) is 52.9 Å². The van der Waals surface area contributed by atoms with Crippen molar-refractivity contribution in [3.8, 4) is 0 Å². The third kappa shape index (κ3) is 6.29. The molecule has 0 spiro atoms. The van der Waals surface area contributed by atoms with Gasteiger partial charge in [0.1, 0.15) is 6.17 Å². The maximum absolute atomic E-state index is 13.7. The summed E-state index contributed by atoms with van der Waals surface area (Å²) >= 11 is 0. The summed E-state index contributed by atoms with van der Waals surface area (Å²) in [7, 11) is 0. The lowest BCUT2D eigenvalue weighted by atomic mass is 9.83. The molecule has 102 valence electrons. The molecule has 17 heavy (non-hydrogen) atoms. The van der Waals surface area contributed by atoms with Gasteiger partial charge in [0.15, 0.2) is 0 Å². The fraction of sp³-hybridized carbons (Fsp3) is 1.00. The van der Waals surface area contributed by atoms with Gasteiger partial charge in [-0.25, -0.2) is 13.2 Å². The number of hydrogen-bond acceptors (Lipinski definition) is 1. The first kappa shape index (κ1) is 14.8. The van der Waals surface area contributed by atoms with Crippen LogP contribution in [0.4, 0.5) is 13.2 Å². The molecule has 4 heteroatoms. The summed E-state index contributed by atoms with van der Waals surface area (Å²) in [5.74, 6) is -2.73. The number of rotatable bonds is 4. The van der Waals surface area contributed by atoms with Crippen LogP contribution in [0.2, 0.25) is 0 Å². The fourth-order valence-electron chi connectivity index (χ4n) is 2.34. The Hall–Kier alpha value is -0.250. The number of hydrogen-bond donors (Lipinski definition) is 1. The minimum absolute atomic E-state index is 0.0271.